The first-order chi connectivity index (χ1) is 7.79. The fourth-order valence-corrected chi connectivity index (χ4v) is 3.38. The average molecular weight is 226 g/mol. The van der Waals surface area contributed by atoms with Crippen LogP contribution in [-0.4, -0.2) is 41.8 Å². The Morgan fingerprint density at radius 1 is 1.19 bits per heavy atom. The van der Waals surface area contributed by atoms with Gasteiger partial charge in [0.25, 0.3) is 0 Å². The van der Waals surface area contributed by atoms with E-state index in [0.29, 0.717) is 6.04 Å². The Balaban J connectivity index is 1.71. The van der Waals surface area contributed by atoms with Crippen LogP contribution in [0.5, 0.6) is 0 Å². The Hall–Kier alpha value is -0.120. The van der Waals surface area contributed by atoms with Crippen molar-refractivity contribution in [2.45, 2.75) is 57.1 Å². The predicted molar refractivity (Wildman–Crippen MR) is 66.2 cm³/mol. The number of hydrogen-bond acceptors (Lipinski definition) is 3. The fraction of sp³-hybridized carbons (Fsp3) is 1.00. The summed E-state index contributed by atoms with van der Waals surface area (Å²) in [5.74, 6) is 0.786. The lowest BCUT2D eigenvalue weighted by molar-refractivity contribution is 0.0869. The number of aliphatic hydroxyl groups is 1. The highest BCUT2D eigenvalue weighted by Crippen LogP contribution is 2.29. The zero-order valence-electron chi connectivity index (χ0n) is 10.3. The summed E-state index contributed by atoms with van der Waals surface area (Å²) in [5.41, 5.74) is 5.74. The van der Waals surface area contributed by atoms with E-state index in [-0.39, 0.29) is 6.10 Å². The van der Waals surface area contributed by atoms with Gasteiger partial charge >= 0.3 is 0 Å². The van der Waals surface area contributed by atoms with Gasteiger partial charge in [0.05, 0.1) is 6.10 Å². The molecule has 2 atom stereocenters. The molecule has 2 aliphatic rings. The van der Waals surface area contributed by atoms with Crippen molar-refractivity contribution in [2.75, 3.05) is 19.6 Å². The van der Waals surface area contributed by atoms with Gasteiger partial charge in [-0.1, -0.05) is 25.7 Å². The molecule has 0 aromatic heterocycles. The molecule has 1 heterocycles. The molecule has 3 heteroatoms. The van der Waals surface area contributed by atoms with E-state index >= 15 is 0 Å². The van der Waals surface area contributed by atoms with E-state index < -0.39 is 0 Å². The number of hydrogen-bond donors (Lipinski definition) is 2. The van der Waals surface area contributed by atoms with Crippen molar-refractivity contribution in [3.05, 3.63) is 0 Å². The number of nitrogens with two attached hydrogens (primary N) is 1. The Bertz CT molecular complexity index is 204. The number of β-amino-alcohol motifs (C(OH)–C–C–N with tert-alkyl or cyclic N) is 1. The molecule has 0 aromatic carbocycles. The van der Waals surface area contributed by atoms with Crippen LogP contribution in [-0.2, 0) is 0 Å². The van der Waals surface area contributed by atoms with Gasteiger partial charge in [-0.25, -0.2) is 0 Å². The van der Waals surface area contributed by atoms with E-state index in [4.69, 9.17) is 5.73 Å². The standard InChI is InChI=1S/C13H26N2O/c14-9-12-6-3-7-15(12)10-13(16)8-11-4-1-2-5-11/h11-13,16H,1-10,14H2. The molecule has 2 unspecified atom stereocenters. The van der Waals surface area contributed by atoms with Crippen LogP contribution in [0.25, 0.3) is 0 Å². The lowest BCUT2D eigenvalue weighted by Gasteiger charge is -2.26. The highest BCUT2D eigenvalue weighted by molar-refractivity contribution is 4.82. The first kappa shape index (κ1) is 12.3. The minimum Gasteiger partial charge on any atom is -0.392 e. The van der Waals surface area contributed by atoms with Crippen molar-refractivity contribution in [1.82, 2.24) is 4.90 Å². The van der Waals surface area contributed by atoms with Crippen molar-refractivity contribution in [2.24, 2.45) is 11.7 Å². The van der Waals surface area contributed by atoms with Crippen LogP contribution in [0.2, 0.25) is 0 Å². The minimum atomic E-state index is -0.129. The van der Waals surface area contributed by atoms with Crippen LogP contribution >= 0.6 is 0 Å². The molecule has 94 valence electrons. The van der Waals surface area contributed by atoms with Gasteiger partial charge in [0.1, 0.15) is 0 Å². The number of aliphatic hydroxyl groups excluding tert-OH is 1. The van der Waals surface area contributed by atoms with Gasteiger partial charge in [-0.3, -0.25) is 4.90 Å². The highest BCUT2D eigenvalue weighted by Gasteiger charge is 2.26. The molecule has 1 saturated heterocycles. The van der Waals surface area contributed by atoms with Gasteiger partial charge in [0.2, 0.25) is 0 Å². The van der Waals surface area contributed by atoms with Crippen molar-refractivity contribution in [3.8, 4) is 0 Å². The largest absolute Gasteiger partial charge is 0.392 e. The topological polar surface area (TPSA) is 49.5 Å². The maximum Gasteiger partial charge on any atom is 0.0669 e. The molecule has 0 spiro atoms. The van der Waals surface area contributed by atoms with Crippen molar-refractivity contribution < 1.29 is 5.11 Å². The van der Waals surface area contributed by atoms with E-state index in [2.05, 4.69) is 4.90 Å². The highest BCUT2D eigenvalue weighted by atomic mass is 16.3. The van der Waals surface area contributed by atoms with Gasteiger partial charge in [0, 0.05) is 19.1 Å². The quantitative estimate of drug-likeness (QED) is 0.744. The molecule has 0 radical (unpaired) electrons. The van der Waals surface area contributed by atoms with Gasteiger partial charge in [0.15, 0.2) is 0 Å². The third-order valence-corrected chi connectivity index (χ3v) is 4.30. The van der Waals surface area contributed by atoms with E-state index in [1.54, 1.807) is 0 Å². The van der Waals surface area contributed by atoms with Gasteiger partial charge in [-0.05, 0) is 31.7 Å². The summed E-state index contributed by atoms with van der Waals surface area (Å²) in [4.78, 5) is 2.39. The summed E-state index contributed by atoms with van der Waals surface area (Å²) in [5, 5.41) is 10.1. The van der Waals surface area contributed by atoms with Crippen LogP contribution in [0, 0.1) is 5.92 Å². The third-order valence-electron chi connectivity index (χ3n) is 4.30. The van der Waals surface area contributed by atoms with Crippen LogP contribution < -0.4 is 5.73 Å². The van der Waals surface area contributed by atoms with Crippen LogP contribution in [0.1, 0.15) is 44.9 Å². The summed E-state index contributed by atoms with van der Waals surface area (Å²) in [6.45, 7) is 2.72. The van der Waals surface area contributed by atoms with E-state index in [1.807, 2.05) is 0 Å². The molecule has 2 fully saturated rings. The van der Waals surface area contributed by atoms with Crippen molar-refractivity contribution in [1.29, 1.82) is 0 Å². The Kier molecular flexibility index (Phi) is 4.62. The van der Waals surface area contributed by atoms with Crippen LogP contribution in [0.3, 0.4) is 0 Å². The summed E-state index contributed by atoms with van der Waals surface area (Å²) >= 11 is 0. The molecule has 1 saturated carbocycles. The van der Waals surface area contributed by atoms with E-state index in [9.17, 15) is 5.11 Å². The summed E-state index contributed by atoms with van der Waals surface area (Å²) in [6.07, 6.45) is 8.74. The normalized spacial score (nSPS) is 30.0. The van der Waals surface area contributed by atoms with E-state index in [0.717, 1.165) is 32.0 Å². The Labute approximate surface area is 99.0 Å². The minimum absolute atomic E-state index is 0.129. The maximum atomic E-state index is 10.1. The summed E-state index contributed by atoms with van der Waals surface area (Å²) in [7, 11) is 0. The second kappa shape index (κ2) is 5.99. The first-order valence-corrected chi connectivity index (χ1v) is 6.91. The van der Waals surface area contributed by atoms with Crippen LogP contribution in [0.15, 0.2) is 0 Å². The zero-order chi connectivity index (χ0) is 11.4. The maximum absolute atomic E-state index is 10.1. The Morgan fingerprint density at radius 2 is 1.94 bits per heavy atom. The number of nitrogens with zero attached hydrogens (tertiary/aromatic N) is 1. The molecule has 0 bridgehead atoms. The smallest absolute Gasteiger partial charge is 0.0669 e. The van der Waals surface area contributed by atoms with Gasteiger partial charge < -0.3 is 10.8 Å². The van der Waals surface area contributed by atoms with Gasteiger partial charge in [-0.15, -0.1) is 0 Å². The van der Waals surface area contributed by atoms with Crippen LogP contribution in [0.4, 0.5) is 0 Å². The fourth-order valence-electron chi connectivity index (χ4n) is 3.38. The molecular formula is C13H26N2O. The molecule has 1 aliphatic heterocycles. The molecule has 2 rings (SSSR count). The molecule has 16 heavy (non-hydrogen) atoms. The SMILES string of the molecule is NCC1CCCN1CC(O)CC1CCCC1. The molecular weight excluding hydrogens is 200 g/mol. The lowest BCUT2D eigenvalue weighted by atomic mass is 10.00. The molecule has 0 aromatic rings. The van der Waals surface area contributed by atoms with Crippen molar-refractivity contribution in [3.63, 3.8) is 0 Å². The third kappa shape index (κ3) is 3.19. The number of rotatable bonds is 5. The molecule has 3 nitrogen and oxygen atoms in total. The molecule has 1 aliphatic carbocycles. The van der Waals surface area contributed by atoms with Crippen molar-refractivity contribution >= 4 is 0 Å². The monoisotopic (exact) mass is 226 g/mol. The molecule has 3 N–H and O–H groups in total. The second-order valence-electron chi connectivity index (χ2n) is 5.57. The van der Waals surface area contributed by atoms with E-state index in [1.165, 1.54) is 38.5 Å². The first-order valence-electron chi connectivity index (χ1n) is 6.91. The van der Waals surface area contributed by atoms with Gasteiger partial charge in [-0.2, -0.15) is 0 Å². The molecule has 0 amide bonds. The summed E-state index contributed by atoms with van der Waals surface area (Å²) < 4.78 is 0. The summed E-state index contributed by atoms with van der Waals surface area (Å²) in [6, 6.07) is 0.526. The second-order valence-corrected chi connectivity index (χ2v) is 5.57. The average Bonchev–Trinajstić information content (AvgIpc) is 2.88. The Morgan fingerprint density at radius 3 is 2.62 bits per heavy atom. The zero-order valence-corrected chi connectivity index (χ0v) is 10.3. The number of likely N-dealkylation sites (tertiary alicyclic amines) is 1. The predicted octanol–water partition coefficient (Wildman–Crippen LogP) is 1.35. The lowest BCUT2D eigenvalue weighted by Crippen LogP contribution is -2.40.